The molecule has 17 heavy (non-hydrogen) atoms. The van der Waals surface area contributed by atoms with Crippen molar-refractivity contribution in [3.05, 3.63) is 34.5 Å². The van der Waals surface area contributed by atoms with Gasteiger partial charge in [0.1, 0.15) is 5.58 Å². The molecule has 3 rings (SSSR count). The van der Waals surface area contributed by atoms with Crippen LogP contribution in [-0.4, -0.2) is 11.9 Å². The van der Waals surface area contributed by atoms with Gasteiger partial charge >= 0.3 is 0 Å². The normalized spacial score (nSPS) is 15.2. The lowest BCUT2D eigenvalue weighted by molar-refractivity contribution is 0.0924. The van der Waals surface area contributed by atoms with Crippen molar-refractivity contribution in [3.8, 4) is 0 Å². The Morgan fingerprint density at radius 2 is 2.24 bits per heavy atom. The second-order valence-electron chi connectivity index (χ2n) is 4.44. The van der Waals surface area contributed by atoms with Crippen molar-refractivity contribution in [2.75, 3.05) is 0 Å². The maximum absolute atomic E-state index is 11.9. The van der Waals surface area contributed by atoms with Gasteiger partial charge in [-0.2, -0.15) is 0 Å². The third-order valence-electron chi connectivity index (χ3n) is 3.02. The average molecular weight is 250 g/mol. The number of carbonyl (C=O) groups is 1. The summed E-state index contributed by atoms with van der Waals surface area (Å²) in [5, 5.41) is 4.47. The molecule has 88 valence electrons. The van der Waals surface area contributed by atoms with E-state index in [0.29, 0.717) is 22.4 Å². The van der Waals surface area contributed by atoms with Gasteiger partial charge in [-0.1, -0.05) is 11.6 Å². The fourth-order valence-corrected chi connectivity index (χ4v) is 2.06. The second kappa shape index (κ2) is 3.77. The predicted octanol–water partition coefficient (Wildman–Crippen LogP) is 3.29. The van der Waals surface area contributed by atoms with E-state index in [0.717, 1.165) is 23.8 Å². The summed E-state index contributed by atoms with van der Waals surface area (Å²) >= 11 is 5.93. The number of nitrogens with one attached hydrogen (secondary N) is 1. The van der Waals surface area contributed by atoms with Gasteiger partial charge in [0, 0.05) is 22.0 Å². The Kier molecular flexibility index (Phi) is 2.37. The van der Waals surface area contributed by atoms with E-state index in [-0.39, 0.29) is 5.91 Å². The van der Waals surface area contributed by atoms with Crippen LogP contribution in [0.4, 0.5) is 0 Å². The predicted molar refractivity (Wildman–Crippen MR) is 66.4 cm³/mol. The Bertz CT molecular complexity index is 599. The van der Waals surface area contributed by atoms with Gasteiger partial charge < -0.3 is 9.73 Å². The summed E-state index contributed by atoms with van der Waals surface area (Å²) in [6.07, 6.45) is 2.13. The molecule has 2 aromatic rings. The van der Waals surface area contributed by atoms with Gasteiger partial charge in [0.05, 0.1) is 0 Å². The summed E-state index contributed by atoms with van der Waals surface area (Å²) in [5.41, 5.74) is 1.55. The van der Waals surface area contributed by atoms with E-state index in [1.807, 2.05) is 13.0 Å². The lowest BCUT2D eigenvalue weighted by Crippen LogP contribution is -2.25. The lowest BCUT2D eigenvalue weighted by atomic mass is 10.1. The topological polar surface area (TPSA) is 42.2 Å². The van der Waals surface area contributed by atoms with Crippen molar-refractivity contribution in [2.24, 2.45) is 0 Å². The van der Waals surface area contributed by atoms with Crippen LogP contribution in [-0.2, 0) is 0 Å². The molecule has 0 spiro atoms. The maximum atomic E-state index is 11.9. The maximum Gasteiger partial charge on any atom is 0.287 e. The molecule has 1 heterocycles. The number of benzene rings is 1. The van der Waals surface area contributed by atoms with E-state index in [2.05, 4.69) is 5.32 Å². The van der Waals surface area contributed by atoms with Crippen molar-refractivity contribution in [3.63, 3.8) is 0 Å². The monoisotopic (exact) mass is 249 g/mol. The van der Waals surface area contributed by atoms with Crippen LogP contribution in [0, 0.1) is 6.92 Å². The number of halogens is 1. The number of carbonyl (C=O) groups excluding carboxylic acids is 1. The first kappa shape index (κ1) is 10.7. The molecule has 1 fully saturated rings. The standard InChI is InChI=1S/C13H12ClNO2/c1-7-10-6-8(14)2-5-11(10)17-12(7)13(16)15-9-3-4-9/h2,5-6,9H,3-4H2,1H3,(H,15,16). The van der Waals surface area contributed by atoms with E-state index in [9.17, 15) is 4.79 Å². The van der Waals surface area contributed by atoms with Crippen LogP contribution in [0.15, 0.2) is 22.6 Å². The zero-order valence-electron chi connectivity index (χ0n) is 9.42. The van der Waals surface area contributed by atoms with Crippen molar-refractivity contribution >= 4 is 28.5 Å². The van der Waals surface area contributed by atoms with Crippen molar-refractivity contribution in [1.29, 1.82) is 0 Å². The van der Waals surface area contributed by atoms with Gasteiger partial charge in [0.2, 0.25) is 0 Å². The molecule has 1 aliphatic carbocycles. The van der Waals surface area contributed by atoms with Gasteiger partial charge in [-0.15, -0.1) is 0 Å². The summed E-state index contributed by atoms with van der Waals surface area (Å²) in [6.45, 7) is 1.88. The zero-order chi connectivity index (χ0) is 12.0. The van der Waals surface area contributed by atoms with Gasteiger partial charge in [-0.25, -0.2) is 0 Å². The number of aryl methyl sites for hydroxylation is 1. The van der Waals surface area contributed by atoms with Gasteiger partial charge in [0.25, 0.3) is 5.91 Å². The number of fused-ring (bicyclic) bond motifs is 1. The largest absolute Gasteiger partial charge is 0.451 e. The van der Waals surface area contributed by atoms with Crippen LogP contribution in [0.3, 0.4) is 0 Å². The van der Waals surface area contributed by atoms with Crippen LogP contribution in [0.25, 0.3) is 11.0 Å². The Hall–Kier alpha value is -1.48. The second-order valence-corrected chi connectivity index (χ2v) is 4.88. The quantitative estimate of drug-likeness (QED) is 0.888. The number of hydrogen-bond donors (Lipinski definition) is 1. The van der Waals surface area contributed by atoms with Crippen LogP contribution < -0.4 is 5.32 Å². The molecular weight excluding hydrogens is 238 g/mol. The Morgan fingerprint density at radius 1 is 1.47 bits per heavy atom. The summed E-state index contributed by atoms with van der Waals surface area (Å²) in [7, 11) is 0. The van der Waals surface area contributed by atoms with Gasteiger partial charge in [-0.05, 0) is 38.0 Å². The molecule has 1 saturated carbocycles. The van der Waals surface area contributed by atoms with E-state index in [1.54, 1.807) is 12.1 Å². The minimum absolute atomic E-state index is 0.127. The van der Waals surface area contributed by atoms with E-state index in [4.69, 9.17) is 16.0 Å². The molecule has 1 aliphatic rings. The molecular formula is C13H12ClNO2. The fraction of sp³-hybridized carbons (Fsp3) is 0.308. The molecule has 0 bridgehead atoms. The highest BCUT2D eigenvalue weighted by atomic mass is 35.5. The zero-order valence-corrected chi connectivity index (χ0v) is 10.2. The molecule has 4 heteroatoms. The smallest absolute Gasteiger partial charge is 0.287 e. The third-order valence-corrected chi connectivity index (χ3v) is 3.25. The summed E-state index contributed by atoms with van der Waals surface area (Å²) in [6, 6.07) is 5.70. The van der Waals surface area contributed by atoms with Crippen molar-refractivity contribution in [1.82, 2.24) is 5.32 Å². The molecule has 1 aromatic heterocycles. The highest BCUT2D eigenvalue weighted by Gasteiger charge is 2.26. The molecule has 1 N–H and O–H groups in total. The van der Waals surface area contributed by atoms with Crippen LogP contribution in [0.2, 0.25) is 5.02 Å². The highest BCUT2D eigenvalue weighted by Crippen LogP contribution is 2.28. The molecule has 0 saturated heterocycles. The average Bonchev–Trinajstić information content (AvgIpc) is 3.04. The van der Waals surface area contributed by atoms with Gasteiger partial charge in [-0.3, -0.25) is 4.79 Å². The molecule has 1 aromatic carbocycles. The van der Waals surface area contributed by atoms with E-state index < -0.39 is 0 Å². The van der Waals surface area contributed by atoms with Crippen LogP contribution >= 0.6 is 11.6 Å². The SMILES string of the molecule is Cc1c(C(=O)NC2CC2)oc2ccc(Cl)cc12. The number of rotatable bonds is 2. The fourth-order valence-electron chi connectivity index (χ4n) is 1.89. The molecule has 0 unspecified atom stereocenters. The molecule has 0 aliphatic heterocycles. The summed E-state index contributed by atoms with van der Waals surface area (Å²) < 4.78 is 5.57. The number of furan rings is 1. The molecule has 1 amide bonds. The minimum Gasteiger partial charge on any atom is -0.451 e. The Labute approximate surface area is 104 Å². The van der Waals surface area contributed by atoms with Crippen molar-refractivity contribution < 1.29 is 9.21 Å². The first-order chi connectivity index (χ1) is 8.15. The lowest BCUT2D eigenvalue weighted by Gasteiger charge is -1.99. The molecule has 0 atom stereocenters. The first-order valence-electron chi connectivity index (χ1n) is 5.64. The summed E-state index contributed by atoms with van der Waals surface area (Å²) in [4.78, 5) is 11.9. The van der Waals surface area contributed by atoms with E-state index in [1.165, 1.54) is 0 Å². The molecule has 0 radical (unpaired) electrons. The molecule has 3 nitrogen and oxygen atoms in total. The first-order valence-corrected chi connectivity index (χ1v) is 6.02. The van der Waals surface area contributed by atoms with Crippen molar-refractivity contribution in [2.45, 2.75) is 25.8 Å². The third kappa shape index (κ3) is 1.91. The van der Waals surface area contributed by atoms with Crippen LogP contribution in [0.5, 0.6) is 0 Å². The Morgan fingerprint density at radius 3 is 2.94 bits per heavy atom. The Balaban J connectivity index is 2.03. The van der Waals surface area contributed by atoms with Crippen LogP contribution in [0.1, 0.15) is 29.0 Å². The minimum atomic E-state index is -0.127. The number of hydrogen-bond acceptors (Lipinski definition) is 2. The van der Waals surface area contributed by atoms with Gasteiger partial charge in [0.15, 0.2) is 5.76 Å². The number of amides is 1. The van der Waals surface area contributed by atoms with E-state index >= 15 is 0 Å². The highest BCUT2D eigenvalue weighted by molar-refractivity contribution is 6.31. The summed E-state index contributed by atoms with van der Waals surface area (Å²) in [5.74, 6) is 0.270.